The summed E-state index contributed by atoms with van der Waals surface area (Å²) in [6, 6.07) is 13.8. The second kappa shape index (κ2) is 5.13. The van der Waals surface area contributed by atoms with Crippen molar-refractivity contribution in [2.45, 2.75) is 19.9 Å². The molecule has 0 bridgehead atoms. The highest BCUT2D eigenvalue weighted by molar-refractivity contribution is 6.30. The van der Waals surface area contributed by atoms with E-state index in [9.17, 15) is 0 Å². The van der Waals surface area contributed by atoms with Crippen molar-refractivity contribution >= 4 is 23.2 Å². The maximum Gasteiger partial charge on any atom is 0.243 e. The van der Waals surface area contributed by atoms with Crippen LogP contribution in [-0.4, -0.2) is 14.6 Å². The molecule has 2 aromatic heterocycles. The van der Waals surface area contributed by atoms with E-state index in [0.29, 0.717) is 5.95 Å². The molecular weight excluding hydrogens is 272 g/mol. The van der Waals surface area contributed by atoms with Crippen LogP contribution in [0.5, 0.6) is 0 Å². The maximum atomic E-state index is 5.90. The highest BCUT2D eigenvalue weighted by Gasteiger charge is 2.09. The molecule has 1 aromatic carbocycles. The predicted octanol–water partition coefficient (Wildman–Crippen LogP) is 3.86. The molecule has 0 saturated carbocycles. The fraction of sp³-hybridized carbons (Fsp3) is 0.200. The zero-order chi connectivity index (χ0) is 14.1. The molecule has 0 fully saturated rings. The van der Waals surface area contributed by atoms with E-state index >= 15 is 0 Å². The fourth-order valence-corrected chi connectivity index (χ4v) is 2.25. The SMILES string of the molecule is Cc1cccc2nc(NC(C)c3ccc(Cl)cc3)nn12. The first kappa shape index (κ1) is 12.9. The Labute approximate surface area is 122 Å². The van der Waals surface area contributed by atoms with Crippen molar-refractivity contribution in [3.05, 3.63) is 58.7 Å². The van der Waals surface area contributed by atoms with Gasteiger partial charge in [-0.2, -0.15) is 4.98 Å². The molecule has 0 radical (unpaired) electrons. The average Bonchev–Trinajstić information content (AvgIpc) is 2.83. The number of fused-ring (bicyclic) bond motifs is 1. The first-order valence-electron chi connectivity index (χ1n) is 6.48. The van der Waals surface area contributed by atoms with E-state index in [0.717, 1.165) is 21.9 Å². The van der Waals surface area contributed by atoms with Crippen LogP contribution in [0.3, 0.4) is 0 Å². The largest absolute Gasteiger partial charge is 0.346 e. The molecule has 3 rings (SSSR count). The summed E-state index contributed by atoms with van der Waals surface area (Å²) in [4.78, 5) is 4.47. The molecule has 0 aliphatic carbocycles. The van der Waals surface area contributed by atoms with Crippen LogP contribution >= 0.6 is 11.6 Å². The first-order chi connectivity index (χ1) is 9.63. The Morgan fingerprint density at radius 1 is 1.15 bits per heavy atom. The Kier molecular flexibility index (Phi) is 3.32. The average molecular weight is 287 g/mol. The summed E-state index contributed by atoms with van der Waals surface area (Å²) in [5, 5.41) is 8.51. The molecule has 0 aliphatic rings. The predicted molar refractivity (Wildman–Crippen MR) is 81.2 cm³/mol. The van der Waals surface area contributed by atoms with E-state index in [2.05, 4.69) is 22.3 Å². The third-order valence-corrected chi connectivity index (χ3v) is 3.52. The molecule has 20 heavy (non-hydrogen) atoms. The van der Waals surface area contributed by atoms with Gasteiger partial charge in [0.2, 0.25) is 5.95 Å². The van der Waals surface area contributed by atoms with Crippen molar-refractivity contribution in [1.82, 2.24) is 14.6 Å². The van der Waals surface area contributed by atoms with Crippen LogP contribution in [0.15, 0.2) is 42.5 Å². The van der Waals surface area contributed by atoms with Crippen LogP contribution in [0.25, 0.3) is 5.65 Å². The summed E-state index contributed by atoms with van der Waals surface area (Å²) < 4.78 is 1.83. The van der Waals surface area contributed by atoms with Crippen molar-refractivity contribution in [3.8, 4) is 0 Å². The molecule has 4 nitrogen and oxygen atoms in total. The standard InChI is InChI=1S/C15H15ClN4/c1-10-4-3-5-14-18-15(19-20(10)14)17-11(2)12-6-8-13(16)9-7-12/h3-9,11H,1-2H3,(H,17,19). The van der Waals surface area contributed by atoms with Crippen molar-refractivity contribution in [2.75, 3.05) is 5.32 Å². The van der Waals surface area contributed by atoms with Gasteiger partial charge in [0.25, 0.3) is 0 Å². The van der Waals surface area contributed by atoms with Crippen LogP contribution in [0.1, 0.15) is 24.2 Å². The second-order valence-electron chi connectivity index (χ2n) is 4.79. The van der Waals surface area contributed by atoms with Crippen LogP contribution in [0.4, 0.5) is 5.95 Å². The van der Waals surface area contributed by atoms with Crippen LogP contribution in [-0.2, 0) is 0 Å². The Morgan fingerprint density at radius 2 is 1.90 bits per heavy atom. The maximum absolute atomic E-state index is 5.90. The monoisotopic (exact) mass is 286 g/mol. The quantitative estimate of drug-likeness (QED) is 0.795. The summed E-state index contributed by atoms with van der Waals surface area (Å²) >= 11 is 5.90. The van der Waals surface area contributed by atoms with Crippen molar-refractivity contribution in [2.24, 2.45) is 0 Å². The Hall–Kier alpha value is -2.07. The number of anilines is 1. The third-order valence-electron chi connectivity index (χ3n) is 3.26. The van der Waals surface area contributed by atoms with Crippen LogP contribution < -0.4 is 5.32 Å². The van der Waals surface area contributed by atoms with Gasteiger partial charge in [-0.05, 0) is 43.7 Å². The van der Waals surface area contributed by atoms with Gasteiger partial charge in [-0.3, -0.25) is 0 Å². The highest BCUT2D eigenvalue weighted by atomic mass is 35.5. The van der Waals surface area contributed by atoms with Gasteiger partial charge in [-0.1, -0.05) is 29.8 Å². The van der Waals surface area contributed by atoms with Gasteiger partial charge in [0.15, 0.2) is 5.65 Å². The third kappa shape index (κ3) is 2.47. The number of hydrogen-bond donors (Lipinski definition) is 1. The number of benzene rings is 1. The van der Waals surface area contributed by atoms with E-state index in [-0.39, 0.29) is 6.04 Å². The van der Waals surface area contributed by atoms with Gasteiger partial charge >= 0.3 is 0 Å². The highest BCUT2D eigenvalue weighted by Crippen LogP contribution is 2.19. The minimum atomic E-state index is 0.116. The van der Waals surface area contributed by atoms with E-state index in [1.54, 1.807) is 0 Å². The summed E-state index contributed by atoms with van der Waals surface area (Å²) in [7, 11) is 0. The van der Waals surface area contributed by atoms with Gasteiger partial charge in [-0.15, -0.1) is 5.10 Å². The van der Waals surface area contributed by atoms with Gasteiger partial charge in [-0.25, -0.2) is 4.52 Å². The molecule has 0 saturated heterocycles. The van der Waals surface area contributed by atoms with E-state index in [4.69, 9.17) is 11.6 Å². The summed E-state index contributed by atoms with van der Waals surface area (Å²) in [5.41, 5.74) is 3.04. The number of rotatable bonds is 3. The lowest BCUT2D eigenvalue weighted by atomic mass is 10.1. The Balaban J connectivity index is 1.85. The zero-order valence-electron chi connectivity index (χ0n) is 11.3. The molecule has 5 heteroatoms. The van der Waals surface area contributed by atoms with Gasteiger partial charge in [0.05, 0.1) is 6.04 Å². The molecule has 102 valence electrons. The van der Waals surface area contributed by atoms with Crippen molar-refractivity contribution in [1.29, 1.82) is 0 Å². The molecule has 0 spiro atoms. The number of aryl methyl sites for hydroxylation is 1. The lowest BCUT2D eigenvalue weighted by molar-refractivity contribution is 0.846. The zero-order valence-corrected chi connectivity index (χ0v) is 12.1. The number of aromatic nitrogens is 3. The molecule has 1 unspecified atom stereocenters. The number of halogens is 1. The lowest BCUT2D eigenvalue weighted by Gasteiger charge is -2.12. The number of nitrogens with one attached hydrogen (secondary N) is 1. The van der Waals surface area contributed by atoms with Gasteiger partial charge in [0, 0.05) is 10.7 Å². The van der Waals surface area contributed by atoms with E-state index in [1.807, 2.05) is 53.9 Å². The second-order valence-corrected chi connectivity index (χ2v) is 5.23. The minimum absolute atomic E-state index is 0.116. The molecule has 1 N–H and O–H groups in total. The molecule has 0 amide bonds. The summed E-state index contributed by atoms with van der Waals surface area (Å²) in [6.07, 6.45) is 0. The van der Waals surface area contributed by atoms with Crippen molar-refractivity contribution < 1.29 is 0 Å². The van der Waals surface area contributed by atoms with E-state index < -0.39 is 0 Å². The first-order valence-corrected chi connectivity index (χ1v) is 6.86. The molecule has 2 heterocycles. The molecule has 1 atom stereocenters. The normalized spacial score (nSPS) is 12.6. The molecular formula is C15H15ClN4. The lowest BCUT2D eigenvalue weighted by Crippen LogP contribution is -2.07. The molecule has 3 aromatic rings. The number of nitrogens with zero attached hydrogens (tertiary/aromatic N) is 3. The minimum Gasteiger partial charge on any atom is -0.346 e. The van der Waals surface area contributed by atoms with Crippen LogP contribution in [0.2, 0.25) is 5.02 Å². The van der Waals surface area contributed by atoms with E-state index in [1.165, 1.54) is 0 Å². The topological polar surface area (TPSA) is 42.2 Å². The summed E-state index contributed by atoms with van der Waals surface area (Å²) in [5.74, 6) is 0.627. The fourth-order valence-electron chi connectivity index (χ4n) is 2.13. The molecule has 0 aliphatic heterocycles. The number of hydrogen-bond acceptors (Lipinski definition) is 3. The van der Waals surface area contributed by atoms with Crippen LogP contribution in [0, 0.1) is 6.92 Å². The Morgan fingerprint density at radius 3 is 2.60 bits per heavy atom. The Bertz CT molecular complexity index is 733. The van der Waals surface area contributed by atoms with Gasteiger partial charge < -0.3 is 5.32 Å². The van der Waals surface area contributed by atoms with Gasteiger partial charge in [0.1, 0.15) is 0 Å². The summed E-state index contributed by atoms with van der Waals surface area (Å²) in [6.45, 7) is 4.08. The number of pyridine rings is 1. The smallest absolute Gasteiger partial charge is 0.243 e. The van der Waals surface area contributed by atoms with Crippen molar-refractivity contribution in [3.63, 3.8) is 0 Å².